The van der Waals surface area contributed by atoms with Gasteiger partial charge in [0.05, 0.1) is 68.6 Å². The molecule has 22 nitrogen and oxygen atoms in total. The number of piperidine rings is 5. The van der Waals surface area contributed by atoms with Crippen molar-refractivity contribution in [1.29, 1.82) is 5.53 Å². The average Bonchev–Trinajstić information content (AvgIpc) is 0.829. The highest BCUT2D eigenvalue weighted by Gasteiger charge is 2.28. The number of amides is 1. The maximum absolute atomic E-state index is 14.3. The Hall–Kier alpha value is -13.2. The van der Waals surface area contributed by atoms with Crippen molar-refractivity contribution in [3.8, 4) is 37.0 Å². The number of halogens is 5. The number of carbonyl (C=O) groups excluding carboxylic acids is 1. The van der Waals surface area contributed by atoms with Crippen LogP contribution < -0.4 is 56.0 Å². The molecule has 2 atom stereocenters. The van der Waals surface area contributed by atoms with Crippen molar-refractivity contribution >= 4 is 137 Å². The van der Waals surface area contributed by atoms with E-state index in [1.54, 1.807) is 98.0 Å². The largest absolute Gasteiger partial charge is 0.370 e. The maximum Gasteiger partial charge on any atom is 0.255 e. The zero-order valence-electron chi connectivity index (χ0n) is 67.5. The first-order valence-electron chi connectivity index (χ1n) is 40.3. The highest BCUT2D eigenvalue weighted by atomic mass is 32.1. The van der Waals surface area contributed by atoms with Gasteiger partial charge >= 0.3 is 0 Å². The van der Waals surface area contributed by atoms with Gasteiger partial charge in [-0.15, -0.1) is 25.2 Å². The number of anilines is 10. The molecule has 31 heteroatoms. The van der Waals surface area contributed by atoms with Gasteiger partial charge in [0.2, 0.25) is 4.91 Å². The van der Waals surface area contributed by atoms with Gasteiger partial charge in [-0.05, 0) is 241 Å². The minimum absolute atomic E-state index is 0.0107. The zero-order chi connectivity index (χ0) is 86.8. The molecule has 5 saturated heterocycles. The van der Waals surface area contributed by atoms with Gasteiger partial charge in [0.25, 0.3) is 5.91 Å². The van der Waals surface area contributed by atoms with E-state index in [0.29, 0.717) is 71.9 Å². The summed E-state index contributed by atoms with van der Waals surface area (Å²) in [5.41, 5.74) is 27.5. The lowest BCUT2D eigenvalue weighted by molar-refractivity contribution is 0.102. The van der Waals surface area contributed by atoms with Crippen LogP contribution in [0.5, 0.6) is 0 Å². The lowest BCUT2D eigenvalue weighted by Gasteiger charge is -2.37. The highest BCUT2D eigenvalue weighted by molar-refractivity contribution is 7.81. The quantitative estimate of drug-likeness (QED) is 0.0117. The van der Waals surface area contributed by atoms with Crippen LogP contribution in [0.15, 0.2) is 205 Å². The standard InChI is InChI=1S/C19H18FN3O.2C19H18FN3S.C18H19FN6S.C17H17FN6S/c1-2-16-12-14(8-9-21-16)19(24)22-17-13-15(20)6-7-18(17)23-10-4-3-5-11-23;1-2-14-4-3-11-23(13-14)18-6-5-16(20)12-17(18)22-19(24)15-7-9-21-10-8-15;1-2-16-12-14(8-9-21-16)19(24)22-17-13-15(20)6-7-18(17)23-10-4-3-5-11-23;19-14-4-5-17(25-10-2-1-3-15(25)12-22-24-20)16(11-14)23-18(26)13-6-8-21-9-7-13;18-13-10-15(21-17(25)12-4-6-20-7-5-12)16(11-14(13)22-23-19)24-8-2-1-3-9-24/h1,6-9,12-13H,3-5,10-11H2,(H,22,24);1,5-10,12,14H,3-4,11,13H2,(H,22,24);1,6-9,12-13H,3-5,10-11H2,(H,22,24);4-9,11,15,20H,1-3,10,12H2;4-7,10-11H,1-3,8-9H2,(H,21,25)/p+1. The fraction of sp³-hybridized carbons (Fsp3) is 0.283. The second-order valence-electron chi connectivity index (χ2n) is 29.1. The number of pyridine rings is 5. The number of aromatic nitrogens is 5. The maximum atomic E-state index is 14.3. The first-order chi connectivity index (χ1) is 59.9. The van der Waals surface area contributed by atoms with E-state index < -0.39 is 5.82 Å². The van der Waals surface area contributed by atoms with E-state index in [4.69, 9.17) is 79.2 Å². The Morgan fingerprint density at radius 1 is 0.439 bits per heavy atom. The molecule has 5 aromatic carbocycles. The zero-order valence-corrected chi connectivity index (χ0v) is 70.7. The van der Waals surface area contributed by atoms with Gasteiger partial charge in [-0.2, -0.15) is 0 Å². The lowest BCUT2D eigenvalue weighted by atomic mass is 9.98. The molecule has 5 fully saturated rings. The number of nitrogens with zero attached hydrogens (tertiary/aromatic N) is 15. The molecule has 2 unspecified atom stereocenters. The van der Waals surface area contributed by atoms with Crippen LogP contribution in [0, 0.1) is 77.6 Å². The van der Waals surface area contributed by atoms with Gasteiger partial charge in [0.15, 0.2) is 0 Å². The molecule has 15 rings (SSSR count). The Bertz CT molecular complexity index is 5440. The highest BCUT2D eigenvalue weighted by Crippen LogP contribution is 2.39. The van der Waals surface area contributed by atoms with Gasteiger partial charge in [0.1, 0.15) is 77.6 Å². The van der Waals surface area contributed by atoms with Crippen molar-refractivity contribution in [2.45, 2.75) is 95.9 Å². The lowest BCUT2D eigenvalue weighted by Crippen LogP contribution is -2.42. The number of hydrogen-bond acceptors (Lipinski definition) is 18. The Morgan fingerprint density at radius 2 is 0.821 bits per heavy atom. The molecule has 6 N–H and O–H groups in total. The number of azide groups is 1. The van der Waals surface area contributed by atoms with E-state index in [2.05, 4.69) is 114 Å². The SMILES string of the molecule is C#CC1CCCN(c2ccc(F)cc2NC(=S)c2ccncc2)C1.C#Cc1cc(C(=O)Nc2cc(F)ccc2N2CCCCC2)ccn1.C#Cc1cc(C(=S)Nc2cc(F)ccc2N2CCCCC2)ccn1.N=[N+]=NCC1CCCCN1c1ccc(F)cc1NC(=S)c1ccncc1.[N-]=[N+]=Nc1cc(N2CCCCC2)c(NC(=S)c2ccncc2)cc1F. The number of thiocarbonyl (C=S) groups is 4. The summed E-state index contributed by atoms with van der Waals surface area (Å²) in [5, 5.41) is 22.7. The molecule has 0 radical (unpaired) electrons. The third-order valence-corrected chi connectivity index (χ3v) is 22.2. The Balaban J connectivity index is 0.000000150. The Labute approximate surface area is 734 Å². The van der Waals surface area contributed by atoms with Crippen LogP contribution in [0.2, 0.25) is 0 Å². The number of nitrogens with one attached hydrogen (secondary N) is 6. The minimum atomic E-state index is -0.585. The molecule has 0 aliphatic carbocycles. The summed E-state index contributed by atoms with van der Waals surface area (Å²) in [6, 6.07) is 39.2. The molecule has 10 aromatic rings. The van der Waals surface area contributed by atoms with E-state index in [1.165, 1.54) is 86.1 Å². The summed E-state index contributed by atoms with van der Waals surface area (Å²) >= 11 is 21.8. The molecule has 1 amide bonds. The molecule has 0 bridgehead atoms. The number of carbonyl (C=O) groups is 1. The molecular formula is C92H91F5N21OS4+. The molecule has 628 valence electrons. The summed E-state index contributed by atoms with van der Waals surface area (Å²) in [4.78, 5) is 51.3. The molecule has 0 saturated carbocycles. The van der Waals surface area contributed by atoms with Crippen LogP contribution in [0.25, 0.3) is 10.4 Å². The third kappa shape index (κ3) is 26.4. The normalized spacial score (nSPS) is 15.2. The summed E-state index contributed by atoms with van der Waals surface area (Å²) in [6.07, 6.45) is 44.8. The summed E-state index contributed by atoms with van der Waals surface area (Å²) in [5.74, 6) is 5.73. The van der Waals surface area contributed by atoms with Crippen molar-refractivity contribution in [2.75, 3.05) is 117 Å². The summed E-state index contributed by atoms with van der Waals surface area (Å²) < 4.78 is 69.4. The summed E-state index contributed by atoms with van der Waals surface area (Å²) in [7, 11) is 0. The fourth-order valence-corrected chi connectivity index (χ4v) is 15.7. The van der Waals surface area contributed by atoms with Crippen LogP contribution in [0.1, 0.15) is 134 Å². The van der Waals surface area contributed by atoms with E-state index in [1.807, 2.05) is 30.3 Å². The second kappa shape index (κ2) is 46.6. The van der Waals surface area contributed by atoms with Crippen LogP contribution in [0.4, 0.5) is 84.5 Å². The van der Waals surface area contributed by atoms with Gasteiger partial charge < -0.3 is 51.1 Å². The van der Waals surface area contributed by atoms with Crippen LogP contribution in [-0.4, -0.2) is 122 Å². The first-order valence-corrected chi connectivity index (χ1v) is 42.0. The summed E-state index contributed by atoms with van der Waals surface area (Å²) in [6.45, 7) is 8.49. The Kier molecular flexibility index (Phi) is 34.3. The fourth-order valence-electron chi connectivity index (χ4n) is 14.7. The van der Waals surface area contributed by atoms with Gasteiger partial charge in [0, 0.05) is 147 Å². The average molecular weight is 1730 g/mol. The van der Waals surface area contributed by atoms with E-state index in [0.717, 1.165) is 180 Å². The topological polar surface area (TPSA) is 257 Å². The minimum Gasteiger partial charge on any atom is -0.370 e. The number of hydrogen-bond donors (Lipinski definition) is 6. The van der Waals surface area contributed by atoms with Crippen molar-refractivity contribution in [2.24, 2.45) is 16.1 Å². The molecule has 5 aliphatic heterocycles. The Morgan fingerprint density at radius 3 is 1.27 bits per heavy atom. The monoisotopic (exact) mass is 1730 g/mol. The molecular weight excluding hydrogens is 1640 g/mol. The number of benzene rings is 5. The van der Waals surface area contributed by atoms with E-state index >= 15 is 0 Å². The second-order valence-corrected chi connectivity index (χ2v) is 30.8. The van der Waals surface area contributed by atoms with Gasteiger partial charge in [-0.3, -0.25) is 19.7 Å². The van der Waals surface area contributed by atoms with E-state index in [9.17, 15) is 26.7 Å². The van der Waals surface area contributed by atoms with E-state index in [-0.39, 0.29) is 46.8 Å². The van der Waals surface area contributed by atoms with Crippen molar-refractivity contribution in [3.05, 3.63) is 274 Å². The molecule has 0 spiro atoms. The van der Waals surface area contributed by atoms with Crippen LogP contribution >= 0.6 is 48.9 Å². The number of terminal acetylenes is 3. The van der Waals surface area contributed by atoms with Crippen molar-refractivity contribution < 1.29 is 26.7 Å². The predicted molar refractivity (Wildman–Crippen MR) is 496 cm³/mol. The van der Waals surface area contributed by atoms with Gasteiger partial charge in [-0.25, -0.2) is 31.9 Å². The van der Waals surface area contributed by atoms with Crippen molar-refractivity contribution in [1.82, 2.24) is 29.8 Å². The number of rotatable bonds is 18. The molecule has 5 aliphatic rings. The third-order valence-electron chi connectivity index (χ3n) is 20.8. The first kappa shape index (κ1) is 90.6. The molecule has 5 aromatic heterocycles. The van der Waals surface area contributed by atoms with Crippen LogP contribution in [-0.2, 0) is 0 Å². The molecule has 123 heavy (non-hydrogen) atoms. The molecule has 10 heterocycles. The van der Waals surface area contributed by atoms with Crippen LogP contribution in [0.3, 0.4) is 0 Å². The van der Waals surface area contributed by atoms with Crippen molar-refractivity contribution in [3.63, 3.8) is 0 Å². The van der Waals surface area contributed by atoms with Gasteiger partial charge in [-0.1, -0.05) is 65.8 Å². The predicted octanol–water partition coefficient (Wildman–Crippen LogP) is 20.1. The smallest absolute Gasteiger partial charge is 0.255 e.